The van der Waals surface area contributed by atoms with E-state index in [1.54, 1.807) is 12.1 Å². The molecule has 6 rings (SSSR count). The molecule has 0 saturated carbocycles. The highest BCUT2D eigenvalue weighted by molar-refractivity contribution is 6.25. The molecule has 1 saturated heterocycles. The van der Waals surface area contributed by atoms with Crippen LogP contribution in [0.4, 0.5) is 27.6 Å². The largest absolute Gasteiger partial charge is 0.271 e. The maximum Gasteiger partial charge on any atom is 0.264 e. The van der Waals surface area contributed by atoms with Crippen molar-refractivity contribution in [2.75, 3.05) is 11.4 Å². The molecular formula is C27H17F5N6O3. The molecule has 41 heavy (non-hydrogen) atoms. The fourth-order valence-corrected chi connectivity index (χ4v) is 5.06. The van der Waals surface area contributed by atoms with Crippen LogP contribution in [0.1, 0.15) is 23.6 Å². The summed E-state index contributed by atoms with van der Waals surface area (Å²) in [5, 5.41) is 14.0. The van der Waals surface area contributed by atoms with E-state index in [1.807, 2.05) is 48.5 Å². The van der Waals surface area contributed by atoms with Crippen molar-refractivity contribution in [2.45, 2.75) is 24.5 Å². The van der Waals surface area contributed by atoms with Gasteiger partial charge in [0.15, 0.2) is 35.4 Å². The summed E-state index contributed by atoms with van der Waals surface area (Å²) < 4.78 is 70.1. The van der Waals surface area contributed by atoms with Crippen LogP contribution in [0.15, 0.2) is 76.1 Å². The minimum atomic E-state index is -2.44. The Hall–Kier alpha value is -5.01. The Morgan fingerprint density at radius 1 is 0.805 bits per heavy atom. The summed E-state index contributed by atoms with van der Waals surface area (Å²) in [6, 6.07) is 14.4. The lowest BCUT2D eigenvalue weighted by molar-refractivity contribution is -0.135. The van der Waals surface area contributed by atoms with Gasteiger partial charge in [-0.3, -0.25) is 19.4 Å². The smallest absolute Gasteiger partial charge is 0.264 e. The number of hydrogen-bond donors (Lipinski definition) is 0. The highest BCUT2D eigenvalue weighted by Crippen LogP contribution is 2.38. The average Bonchev–Trinajstić information content (AvgIpc) is 3.68. The molecule has 3 aromatic rings. The van der Waals surface area contributed by atoms with Crippen molar-refractivity contribution >= 4 is 29.1 Å². The zero-order chi connectivity index (χ0) is 29.0. The second kappa shape index (κ2) is 9.87. The number of fused-ring (bicyclic) bond motifs is 1. The van der Waals surface area contributed by atoms with Crippen LogP contribution in [0, 0.1) is 29.1 Å². The second-order valence-corrected chi connectivity index (χ2v) is 9.40. The Morgan fingerprint density at radius 2 is 1.39 bits per heavy atom. The first-order valence-electron chi connectivity index (χ1n) is 12.3. The summed E-state index contributed by atoms with van der Waals surface area (Å²) in [5.41, 5.74) is 0.479. The SMILES string of the molecule is O=C1[C@@H]2N=NN(CC(=O)N3N=C(c4ccccc4)C[C@H]3c3ccccc3)[C@H]2C(=O)N1c1c(F)c(F)c(F)c(F)c1F. The van der Waals surface area contributed by atoms with Crippen LogP contribution in [-0.2, 0) is 14.4 Å². The highest BCUT2D eigenvalue weighted by atomic mass is 19.2. The number of halogens is 5. The van der Waals surface area contributed by atoms with Gasteiger partial charge in [-0.1, -0.05) is 65.9 Å². The van der Waals surface area contributed by atoms with Crippen LogP contribution in [0.2, 0.25) is 0 Å². The summed E-state index contributed by atoms with van der Waals surface area (Å²) in [6.45, 7) is -0.621. The summed E-state index contributed by atoms with van der Waals surface area (Å²) >= 11 is 0. The van der Waals surface area contributed by atoms with Gasteiger partial charge < -0.3 is 0 Å². The molecule has 3 aromatic carbocycles. The molecule has 0 spiro atoms. The molecule has 0 bridgehead atoms. The van der Waals surface area contributed by atoms with Crippen LogP contribution in [0.3, 0.4) is 0 Å². The molecule has 14 heteroatoms. The van der Waals surface area contributed by atoms with Crippen LogP contribution >= 0.6 is 0 Å². The molecule has 0 aliphatic carbocycles. The zero-order valence-corrected chi connectivity index (χ0v) is 20.7. The Bertz CT molecular complexity index is 1620. The maximum atomic E-state index is 14.5. The quantitative estimate of drug-likeness (QED) is 0.201. The van der Waals surface area contributed by atoms with Gasteiger partial charge in [-0.2, -0.15) is 10.2 Å². The van der Waals surface area contributed by atoms with E-state index < -0.39 is 77.2 Å². The third kappa shape index (κ3) is 4.13. The summed E-state index contributed by atoms with van der Waals surface area (Å²) in [5.74, 6) is -15.1. The van der Waals surface area contributed by atoms with Gasteiger partial charge in [-0.25, -0.2) is 31.9 Å². The van der Waals surface area contributed by atoms with E-state index in [9.17, 15) is 36.3 Å². The lowest BCUT2D eigenvalue weighted by Crippen LogP contribution is -2.45. The number of hydrogen-bond acceptors (Lipinski definition) is 7. The topological polar surface area (TPSA) is 98.0 Å². The predicted molar refractivity (Wildman–Crippen MR) is 131 cm³/mol. The first-order chi connectivity index (χ1) is 19.7. The van der Waals surface area contributed by atoms with E-state index in [0.717, 1.165) is 16.1 Å². The maximum absolute atomic E-state index is 14.5. The number of hydrazone groups is 1. The van der Waals surface area contributed by atoms with Gasteiger partial charge in [0.2, 0.25) is 5.82 Å². The summed E-state index contributed by atoms with van der Waals surface area (Å²) in [7, 11) is 0. The van der Waals surface area contributed by atoms with Gasteiger partial charge in [-0.15, -0.1) is 0 Å². The summed E-state index contributed by atoms with van der Waals surface area (Å²) in [6.07, 6.45) is 0.374. The van der Waals surface area contributed by atoms with E-state index in [4.69, 9.17) is 0 Å². The molecule has 3 amide bonds. The molecule has 208 valence electrons. The third-order valence-corrected chi connectivity index (χ3v) is 7.02. The fourth-order valence-electron chi connectivity index (χ4n) is 5.06. The second-order valence-electron chi connectivity index (χ2n) is 9.40. The van der Waals surface area contributed by atoms with Crippen LogP contribution in [0.5, 0.6) is 0 Å². The number of rotatable bonds is 5. The Morgan fingerprint density at radius 3 is 2.02 bits per heavy atom. The first-order valence-corrected chi connectivity index (χ1v) is 12.3. The molecule has 0 N–H and O–H groups in total. The van der Waals surface area contributed by atoms with Crippen molar-refractivity contribution < 1.29 is 36.3 Å². The minimum Gasteiger partial charge on any atom is -0.271 e. The highest BCUT2D eigenvalue weighted by Gasteiger charge is 2.57. The molecule has 3 aliphatic rings. The normalized spacial score (nSPS) is 21.6. The Labute approximate surface area is 228 Å². The van der Waals surface area contributed by atoms with Gasteiger partial charge in [0.25, 0.3) is 17.7 Å². The van der Waals surface area contributed by atoms with E-state index in [-0.39, 0.29) is 4.90 Å². The zero-order valence-electron chi connectivity index (χ0n) is 20.7. The predicted octanol–water partition coefficient (Wildman–Crippen LogP) is 4.05. The lowest BCUT2D eigenvalue weighted by atomic mass is 9.98. The number of anilines is 1. The van der Waals surface area contributed by atoms with Crippen molar-refractivity contribution in [3.63, 3.8) is 0 Å². The molecule has 0 aromatic heterocycles. The van der Waals surface area contributed by atoms with Crippen molar-refractivity contribution in [3.8, 4) is 0 Å². The number of nitrogens with zero attached hydrogens (tertiary/aromatic N) is 6. The average molecular weight is 568 g/mol. The number of amides is 3. The van der Waals surface area contributed by atoms with Crippen molar-refractivity contribution in [2.24, 2.45) is 15.4 Å². The van der Waals surface area contributed by atoms with Gasteiger partial charge in [0.1, 0.15) is 12.2 Å². The summed E-state index contributed by atoms with van der Waals surface area (Å²) in [4.78, 5) is 39.4. The van der Waals surface area contributed by atoms with Gasteiger partial charge in [-0.05, 0) is 11.1 Å². The minimum absolute atomic E-state index is 0.143. The number of imide groups is 1. The van der Waals surface area contributed by atoms with Crippen molar-refractivity contribution in [1.82, 2.24) is 10.0 Å². The van der Waals surface area contributed by atoms with Gasteiger partial charge in [0.05, 0.1) is 11.8 Å². The molecule has 3 aliphatic heterocycles. The molecule has 9 nitrogen and oxygen atoms in total. The monoisotopic (exact) mass is 568 g/mol. The third-order valence-electron chi connectivity index (χ3n) is 7.02. The molecule has 3 atom stereocenters. The van der Waals surface area contributed by atoms with E-state index in [1.165, 1.54) is 5.01 Å². The number of carbonyl (C=O) groups excluding carboxylic acids is 3. The molecule has 0 unspecified atom stereocenters. The Balaban J connectivity index is 1.29. The van der Waals surface area contributed by atoms with Gasteiger partial charge >= 0.3 is 0 Å². The number of benzene rings is 3. The lowest BCUT2D eigenvalue weighted by Gasteiger charge is -2.25. The van der Waals surface area contributed by atoms with Crippen LogP contribution < -0.4 is 4.90 Å². The van der Waals surface area contributed by atoms with E-state index in [2.05, 4.69) is 15.4 Å². The van der Waals surface area contributed by atoms with Gasteiger partial charge in [0, 0.05) is 6.42 Å². The molecular weight excluding hydrogens is 551 g/mol. The molecule has 3 heterocycles. The molecule has 1 fully saturated rings. The Kier molecular flexibility index (Phi) is 6.31. The van der Waals surface area contributed by atoms with Crippen molar-refractivity contribution in [1.29, 1.82) is 0 Å². The van der Waals surface area contributed by atoms with Crippen molar-refractivity contribution in [3.05, 3.63) is 101 Å². The standard InChI is InChI=1S/C27H17F5N6O3/c28-18-19(29)21(31)24(22(32)20(18)30)37-26(40)23-25(27(37)41)36(35-33-23)12-17(39)38-16(14-9-5-2-6-10-14)11-15(34-38)13-7-3-1-4-8-13/h1-10,16,23,25H,11-12H2/t16-,23+,25+/m0/s1. The fraction of sp³-hybridized carbons (Fsp3) is 0.185. The van der Waals surface area contributed by atoms with Crippen LogP contribution in [-0.4, -0.2) is 52.1 Å². The number of carbonyl (C=O) groups is 3. The van der Waals surface area contributed by atoms with E-state index >= 15 is 0 Å². The van der Waals surface area contributed by atoms with E-state index in [0.29, 0.717) is 12.1 Å². The van der Waals surface area contributed by atoms with Crippen LogP contribution in [0.25, 0.3) is 0 Å². The molecule has 0 radical (unpaired) electrons. The first kappa shape index (κ1) is 26.2.